The molecule has 0 bridgehead atoms. The zero-order valence-corrected chi connectivity index (χ0v) is 17.4. The number of rotatable bonds is 7. The SMILES string of the molecule is CCOc1ccccc1C(=O)NCC(=O)Nc1nc(-c2ccc(C)c(C)c2)cs1. The van der Waals surface area contributed by atoms with Crippen LogP contribution >= 0.6 is 11.3 Å². The Morgan fingerprint density at radius 3 is 2.66 bits per heavy atom. The monoisotopic (exact) mass is 409 g/mol. The van der Waals surface area contributed by atoms with Crippen LogP contribution in [0, 0.1) is 13.8 Å². The van der Waals surface area contributed by atoms with Crippen molar-refractivity contribution in [2.45, 2.75) is 20.8 Å². The molecule has 0 saturated carbocycles. The lowest BCUT2D eigenvalue weighted by molar-refractivity contribution is -0.115. The van der Waals surface area contributed by atoms with Gasteiger partial charge in [-0.3, -0.25) is 9.59 Å². The van der Waals surface area contributed by atoms with Gasteiger partial charge in [0.1, 0.15) is 5.75 Å². The third kappa shape index (κ3) is 5.20. The second kappa shape index (κ2) is 9.34. The molecular formula is C22H23N3O3S. The average Bonchev–Trinajstić information content (AvgIpc) is 3.17. The second-order valence-corrected chi connectivity index (χ2v) is 7.36. The Labute approximate surface area is 173 Å². The third-order valence-electron chi connectivity index (χ3n) is 4.39. The van der Waals surface area contributed by atoms with Gasteiger partial charge < -0.3 is 15.4 Å². The standard InChI is InChI=1S/C22H23N3O3S/c1-4-28-19-8-6-5-7-17(19)21(27)23-12-20(26)25-22-24-18(13-29-22)16-10-9-14(2)15(3)11-16/h5-11,13H,4,12H2,1-3H3,(H,23,27)(H,24,25,26). The van der Waals surface area contributed by atoms with Crippen molar-refractivity contribution >= 4 is 28.3 Å². The number of para-hydroxylation sites is 1. The van der Waals surface area contributed by atoms with E-state index < -0.39 is 0 Å². The molecule has 0 aliphatic rings. The highest BCUT2D eigenvalue weighted by Crippen LogP contribution is 2.26. The molecule has 0 spiro atoms. The van der Waals surface area contributed by atoms with Gasteiger partial charge in [-0.25, -0.2) is 4.98 Å². The van der Waals surface area contributed by atoms with Crippen molar-refractivity contribution in [3.63, 3.8) is 0 Å². The van der Waals surface area contributed by atoms with Gasteiger partial charge >= 0.3 is 0 Å². The van der Waals surface area contributed by atoms with Gasteiger partial charge in [-0.15, -0.1) is 11.3 Å². The van der Waals surface area contributed by atoms with Gasteiger partial charge in [-0.1, -0.05) is 24.3 Å². The highest BCUT2D eigenvalue weighted by molar-refractivity contribution is 7.14. The average molecular weight is 410 g/mol. The summed E-state index contributed by atoms with van der Waals surface area (Å²) in [5.41, 5.74) is 4.62. The van der Waals surface area contributed by atoms with Gasteiger partial charge in [0.2, 0.25) is 5.91 Å². The fourth-order valence-corrected chi connectivity index (χ4v) is 3.46. The maximum Gasteiger partial charge on any atom is 0.255 e. The van der Waals surface area contributed by atoms with Gasteiger partial charge in [0.25, 0.3) is 5.91 Å². The van der Waals surface area contributed by atoms with Crippen LogP contribution in [0.2, 0.25) is 0 Å². The van der Waals surface area contributed by atoms with Crippen LogP contribution in [0.1, 0.15) is 28.4 Å². The number of ether oxygens (including phenoxy) is 1. The molecule has 3 rings (SSSR count). The van der Waals surface area contributed by atoms with Crippen molar-refractivity contribution in [1.82, 2.24) is 10.3 Å². The van der Waals surface area contributed by atoms with Gasteiger partial charge in [0, 0.05) is 10.9 Å². The predicted molar refractivity (Wildman–Crippen MR) is 116 cm³/mol. The van der Waals surface area contributed by atoms with E-state index in [-0.39, 0.29) is 18.4 Å². The van der Waals surface area contributed by atoms with Crippen LogP contribution in [0.25, 0.3) is 11.3 Å². The maximum absolute atomic E-state index is 12.4. The fraction of sp³-hybridized carbons (Fsp3) is 0.227. The number of anilines is 1. The molecule has 0 saturated heterocycles. The summed E-state index contributed by atoms with van der Waals surface area (Å²) in [7, 11) is 0. The minimum atomic E-state index is -0.362. The van der Waals surface area contributed by atoms with Crippen molar-refractivity contribution < 1.29 is 14.3 Å². The Bertz CT molecular complexity index is 1030. The quantitative estimate of drug-likeness (QED) is 0.613. The van der Waals surface area contributed by atoms with E-state index in [0.717, 1.165) is 11.3 Å². The number of thiazole rings is 1. The number of aryl methyl sites for hydroxylation is 2. The number of nitrogens with one attached hydrogen (secondary N) is 2. The molecule has 0 radical (unpaired) electrons. The molecule has 150 valence electrons. The fourth-order valence-electron chi connectivity index (χ4n) is 2.72. The van der Waals surface area contributed by atoms with E-state index in [4.69, 9.17) is 4.74 Å². The van der Waals surface area contributed by atoms with Crippen LogP contribution in [0.4, 0.5) is 5.13 Å². The molecule has 29 heavy (non-hydrogen) atoms. The van der Waals surface area contributed by atoms with Crippen LogP contribution < -0.4 is 15.4 Å². The molecule has 0 aliphatic carbocycles. The minimum absolute atomic E-state index is 0.155. The number of benzene rings is 2. The number of carbonyl (C=O) groups is 2. The lowest BCUT2D eigenvalue weighted by atomic mass is 10.1. The molecule has 1 heterocycles. The molecule has 0 fully saturated rings. The lowest BCUT2D eigenvalue weighted by Gasteiger charge is -2.10. The number of hydrogen-bond donors (Lipinski definition) is 2. The molecule has 1 aromatic heterocycles. The maximum atomic E-state index is 12.4. The first-order chi connectivity index (χ1) is 14.0. The normalized spacial score (nSPS) is 10.4. The zero-order chi connectivity index (χ0) is 20.8. The van der Waals surface area contributed by atoms with Gasteiger partial charge in [0.15, 0.2) is 5.13 Å². The molecule has 7 heteroatoms. The first kappa shape index (κ1) is 20.5. The molecule has 0 aliphatic heterocycles. The molecule has 0 unspecified atom stereocenters. The van der Waals surface area contributed by atoms with Crippen molar-refractivity contribution in [3.05, 3.63) is 64.5 Å². The highest BCUT2D eigenvalue weighted by atomic mass is 32.1. The largest absolute Gasteiger partial charge is 0.493 e. The van der Waals surface area contributed by atoms with Crippen molar-refractivity contribution in [3.8, 4) is 17.0 Å². The molecular weight excluding hydrogens is 386 g/mol. The van der Waals surface area contributed by atoms with Crippen LogP contribution in [-0.4, -0.2) is 29.9 Å². The Morgan fingerprint density at radius 1 is 1.10 bits per heavy atom. The summed E-state index contributed by atoms with van der Waals surface area (Å²) in [6, 6.07) is 13.1. The van der Waals surface area contributed by atoms with E-state index >= 15 is 0 Å². The van der Waals surface area contributed by atoms with Crippen LogP contribution in [0.3, 0.4) is 0 Å². The number of aromatic nitrogens is 1. The van der Waals surface area contributed by atoms with E-state index in [2.05, 4.69) is 41.6 Å². The highest BCUT2D eigenvalue weighted by Gasteiger charge is 2.14. The molecule has 2 amide bonds. The van der Waals surface area contributed by atoms with Crippen LogP contribution in [0.5, 0.6) is 5.75 Å². The van der Waals surface area contributed by atoms with Crippen molar-refractivity contribution in [2.75, 3.05) is 18.5 Å². The van der Waals surface area contributed by atoms with Crippen LogP contribution in [0.15, 0.2) is 47.8 Å². The van der Waals surface area contributed by atoms with E-state index in [1.54, 1.807) is 24.3 Å². The summed E-state index contributed by atoms with van der Waals surface area (Å²) in [4.78, 5) is 29.0. The van der Waals surface area contributed by atoms with Crippen molar-refractivity contribution in [2.24, 2.45) is 0 Å². The van der Waals surface area contributed by atoms with Crippen molar-refractivity contribution in [1.29, 1.82) is 0 Å². The van der Waals surface area contributed by atoms with E-state index in [0.29, 0.717) is 23.1 Å². The van der Waals surface area contributed by atoms with E-state index in [1.807, 2.05) is 18.4 Å². The second-order valence-electron chi connectivity index (χ2n) is 6.50. The number of carbonyl (C=O) groups excluding carboxylic acids is 2. The van der Waals surface area contributed by atoms with Crippen LogP contribution in [-0.2, 0) is 4.79 Å². The molecule has 0 atom stereocenters. The summed E-state index contributed by atoms with van der Waals surface area (Å²) in [6.45, 7) is 6.27. The van der Waals surface area contributed by atoms with Gasteiger partial charge in [0.05, 0.1) is 24.4 Å². The summed E-state index contributed by atoms with van der Waals surface area (Å²) < 4.78 is 5.45. The lowest BCUT2D eigenvalue weighted by Crippen LogP contribution is -2.33. The number of amides is 2. The molecule has 2 aromatic carbocycles. The zero-order valence-electron chi connectivity index (χ0n) is 16.6. The first-order valence-corrected chi connectivity index (χ1v) is 10.2. The summed E-state index contributed by atoms with van der Waals surface area (Å²) in [5, 5.41) is 7.74. The van der Waals surface area contributed by atoms with E-state index in [1.165, 1.54) is 22.5 Å². The molecule has 2 N–H and O–H groups in total. The Morgan fingerprint density at radius 2 is 1.90 bits per heavy atom. The first-order valence-electron chi connectivity index (χ1n) is 9.31. The summed E-state index contributed by atoms with van der Waals surface area (Å²) >= 11 is 1.35. The number of hydrogen-bond acceptors (Lipinski definition) is 5. The molecule has 3 aromatic rings. The Kier molecular flexibility index (Phi) is 6.61. The predicted octanol–water partition coefficient (Wildman–Crippen LogP) is 4.19. The third-order valence-corrected chi connectivity index (χ3v) is 5.15. The van der Waals surface area contributed by atoms with Gasteiger partial charge in [-0.2, -0.15) is 0 Å². The Hall–Kier alpha value is -3.19. The topological polar surface area (TPSA) is 80.3 Å². The Balaban J connectivity index is 1.58. The summed E-state index contributed by atoms with van der Waals surface area (Å²) in [5.74, 6) is -0.210. The van der Waals surface area contributed by atoms with E-state index in [9.17, 15) is 9.59 Å². The smallest absolute Gasteiger partial charge is 0.255 e. The minimum Gasteiger partial charge on any atom is -0.493 e. The summed E-state index contributed by atoms with van der Waals surface area (Å²) in [6.07, 6.45) is 0. The molecule has 6 nitrogen and oxygen atoms in total. The number of nitrogens with zero attached hydrogens (tertiary/aromatic N) is 1. The van der Waals surface area contributed by atoms with Gasteiger partial charge in [-0.05, 0) is 50.1 Å².